The van der Waals surface area contributed by atoms with Gasteiger partial charge in [-0.2, -0.15) is 0 Å². The second-order valence-corrected chi connectivity index (χ2v) is 6.03. The molecular weight excluding hydrogens is 379 g/mol. The van der Waals surface area contributed by atoms with Gasteiger partial charge in [0.05, 0.1) is 5.56 Å². The highest BCUT2D eigenvalue weighted by Crippen LogP contribution is 2.26. The predicted molar refractivity (Wildman–Crippen MR) is 95.6 cm³/mol. The highest BCUT2D eigenvalue weighted by Gasteiger charge is 2.32. The van der Waals surface area contributed by atoms with E-state index in [2.05, 4.69) is 4.74 Å². The van der Waals surface area contributed by atoms with Gasteiger partial charge < -0.3 is 14.2 Å². The van der Waals surface area contributed by atoms with Crippen molar-refractivity contribution in [2.75, 3.05) is 7.05 Å². The van der Waals surface area contributed by atoms with Crippen molar-refractivity contribution in [3.8, 4) is 5.75 Å². The van der Waals surface area contributed by atoms with Gasteiger partial charge in [-0.1, -0.05) is 18.2 Å². The number of nitrogens with zero attached hydrogens (tertiary/aromatic N) is 3. The molecule has 1 aromatic carbocycles. The fraction of sp³-hybridized carbons (Fsp3) is 0.278. The topological polar surface area (TPSA) is 73.5 Å². The van der Waals surface area contributed by atoms with Crippen molar-refractivity contribution in [1.82, 2.24) is 14.0 Å². The number of carbonyl (C=O) groups excluding carboxylic acids is 1. The van der Waals surface area contributed by atoms with Crippen LogP contribution in [0.1, 0.15) is 11.1 Å². The molecule has 0 aliphatic rings. The number of alkyl halides is 3. The molecule has 0 spiro atoms. The molecule has 0 saturated heterocycles. The molecule has 0 unspecified atom stereocenters. The largest absolute Gasteiger partial charge is 0.573 e. The molecule has 1 heterocycles. The number of amides is 1. The van der Waals surface area contributed by atoms with Crippen LogP contribution >= 0.6 is 0 Å². The van der Waals surface area contributed by atoms with E-state index in [-0.39, 0.29) is 17.7 Å². The third-order valence-electron chi connectivity index (χ3n) is 3.86. The summed E-state index contributed by atoms with van der Waals surface area (Å²) in [6, 6.07) is 5.49. The number of rotatable bonds is 5. The van der Waals surface area contributed by atoms with Crippen LogP contribution in [-0.4, -0.2) is 33.4 Å². The van der Waals surface area contributed by atoms with Crippen LogP contribution in [-0.2, 0) is 25.4 Å². The van der Waals surface area contributed by atoms with Crippen LogP contribution in [0.15, 0.2) is 46.1 Å². The molecule has 2 rings (SSSR count). The number of ether oxygens (including phenoxy) is 1. The molecule has 10 heteroatoms. The molecule has 0 radical (unpaired) electrons. The van der Waals surface area contributed by atoms with E-state index in [0.717, 1.165) is 16.7 Å². The minimum atomic E-state index is -4.85. The standard InChI is InChI=1S/C18H18F3N3O4/c1-22(10-12-6-4-5-7-14(12)28-18(19,20)21)15(25)9-8-13-11-23(2)17(27)24(3)16(13)26/h4-9,11H,10H2,1-3H3/b9-8+. The normalized spacial score (nSPS) is 11.6. The Hall–Kier alpha value is -3.30. The van der Waals surface area contributed by atoms with Gasteiger partial charge in [0.1, 0.15) is 5.75 Å². The molecule has 0 aliphatic carbocycles. The van der Waals surface area contributed by atoms with Crippen LogP contribution in [0.3, 0.4) is 0 Å². The third-order valence-corrected chi connectivity index (χ3v) is 3.86. The summed E-state index contributed by atoms with van der Waals surface area (Å²) in [4.78, 5) is 37.1. The van der Waals surface area contributed by atoms with Crippen molar-refractivity contribution in [1.29, 1.82) is 0 Å². The molecule has 1 amide bonds. The molecule has 28 heavy (non-hydrogen) atoms. The Labute approximate surface area is 157 Å². The first kappa shape index (κ1) is 21.0. The van der Waals surface area contributed by atoms with Crippen molar-refractivity contribution in [2.45, 2.75) is 12.9 Å². The van der Waals surface area contributed by atoms with E-state index in [1.54, 1.807) is 0 Å². The van der Waals surface area contributed by atoms with Gasteiger partial charge in [-0.3, -0.25) is 14.2 Å². The number of para-hydroxylation sites is 1. The monoisotopic (exact) mass is 397 g/mol. The number of carbonyl (C=O) groups is 1. The Morgan fingerprint density at radius 1 is 1.21 bits per heavy atom. The Balaban J connectivity index is 2.18. The van der Waals surface area contributed by atoms with Crippen LogP contribution in [0.25, 0.3) is 6.08 Å². The highest BCUT2D eigenvalue weighted by molar-refractivity contribution is 5.91. The molecule has 150 valence electrons. The average molecular weight is 397 g/mol. The summed E-state index contributed by atoms with van der Waals surface area (Å²) in [5.41, 5.74) is -0.792. The summed E-state index contributed by atoms with van der Waals surface area (Å²) in [5.74, 6) is -0.941. The highest BCUT2D eigenvalue weighted by atomic mass is 19.4. The molecule has 0 aliphatic heterocycles. The van der Waals surface area contributed by atoms with E-state index in [0.29, 0.717) is 0 Å². The van der Waals surface area contributed by atoms with Gasteiger partial charge in [0, 0.05) is 45.5 Å². The number of benzene rings is 1. The summed E-state index contributed by atoms with van der Waals surface area (Å²) >= 11 is 0. The fourth-order valence-corrected chi connectivity index (χ4v) is 2.43. The fourth-order valence-electron chi connectivity index (χ4n) is 2.43. The Bertz CT molecular complexity index is 1020. The van der Waals surface area contributed by atoms with Crippen molar-refractivity contribution in [2.24, 2.45) is 14.1 Å². The number of halogens is 3. The molecule has 0 saturated carbocycles. The van der Waals surface area contributed by atoms with Gasteiger partial charge >= 0.3 is 12.1 Å². The smallest absolute Gasteiger partial charge is 0.405 e. The molecule has 7 nitrogen and oxygen atoms in total. The van der Waals surface area contributed by atoms with E-state index in [1.807, 2.05) is 0 Å². The first-order chi connectivity index (χ1) is 13.0. The molecular formula is C18H18F3N3O4. The molecule has 0 N–H and O–H groups in total. The van der Waals surface area contributed by atoms with E-state index in [1.165, 1.54) is 61.1 Å². The summed E-state index contributed by atoms with van der Waals surface area (Å²) < 4.78 is 43.5. The maximum absolute atomic E-state index is 12.5. The van der Waals surface area contributed by atoms with Crippen molar-refractivity contribution in [3.63, 3.8) is 0 Å². The lowest BCUT2D eigenvalue weighted by atomic mass is 10.2. The lowest BCUT2D eigenvalue weighted by Crippen LogP contribution is -2.37. The lowest BCUT2D eigenvalue weighted by molar-refractivity contribution is -0.275. The zero-order chi connectivity index (χ0) is 21.1. The molecule has 2 aromatic rings. The zero-order valence-electron chi connectivity index (χ0n) is 15.4. The van der Waals surface area contributed by atoms with E-state index >= 15 is 0 Å². The second-order valence-electron chi connectivity index (χ2n) is 6.03. The summed E-state index contributed by atoms with van der Waals surface area (Å²) in [7, 11) is 4.17. The first-order valence-corrected chi connectivity index (χ1v) is 8.03. The van der Waals surface area contributed by atoms with Gasteiger partial charge in [0.25, 0.3) is 5.56 Å². The predicted octanol–water partition coefficient (Wildman–Crippen LogP) is 1.65. The molecule has 0 bridgehead atoms. The Kier molecular flexibility index (Phi) is 6.12. The minimum Gasteiger partial charge on any atom is -0.405 e. The van der Waals surface area contributed by atoms with Gasteiger partial charge in [0.2, 0.25) is 5.91 Å². The van der Waals surface area contributed by atoms with Crippen LogP contribution in [0.4, 0.5) is 13.2 Å². The summed E-state index contributed by atoms with van der Waals surface area (Å²) in [6.45, 7) is -0.138. The molecule has 1 aromatic heterocycles. The maximum atomic E-state index is 12.5. The van der Waals surface area contributed by atoms with E-state index in [4.69, 9.17) is 0 Å². The number of likely N-dealkylation sites (N-methyl/N-ethyl adjacent to an activating group) is 1. The Morgan fingerprint density at radius 2 is 1.86 bits per heavy atom. The number of aromatic nitrogens is 2. The lowest BCUT2D eigenvalue weighted by Gasteiger charge is -2.18. The summed E-state index contributed by atoms with van der Waals surface area (Å²) in [6.07, 6.45) is -1.20. The van der Waals surface area contributed by atoms with Gasteiger partial charge in [-0.15, -0.1) is 13.2 Å². The number of hydrogen-bond acceptors (Lipinski definition) is 4. The van der Waals surface area contributed by atoms with Crippen LogP contribution < -0.4 is 16.0 Å². The Morgan fingerprint density at radius 3 is 2.50 bits per heavy atom. The van der Waals surface area contributed by atoms with Crippen molar-refractivity contribution < 1.29 is 22.7 Å². The minimum absolute atomic E-state index is 0.118. The average Bonchev–Trinajstić information content (AvgIpc) is 2.62. The van der Waals surface area contributed by atoms with E-state index in [9.17, 15) is 27.6 Å². The van der Waals surface area contributed by atoms with Crippen LogP contribution in [0.5, 0.6) is 5.75 Å². The third kappa shape index (κ3) is 5.12. The number of hydrogen-bond donors (Lipinski definition) is 0. The zero-order valence-corrected chi connectivity index (χ0v) is 15.4. The van der Waals surface area contributed by atoms with Gasteiger partial charge in [-0.05, 0) is 12.1 Å². The quantitative estimate of drug-likeness (QED) is 0.720. The van der Waals surface area contributed by atoms with Crippen molar-refractivity contribution in [3.05, 3.63) is 68.5 Å². The first-order valence-electron chi connectivity index (χ1n) is 8.03. The van der Waals surface area contributed by atoms with E-state index < -0.39 is 29.3 Å². The van der Waals surface area contributed by atoms with Crippen molar-refractivity contribution >= 4 is 12.0 Å². The maximum Gasteiger partial charge on any atom is 0.573 e. The van der Waals surface area contributed by atoms with Crippen LogP contribution in [0, 0.1) is 0 Å². The van der Waals surface area contributed by atoms with Gasteiger partial charge in [0.15, 0.2) is 0 Å². The summed E-state index contributed by atoms with van der Waals surface area (Å²) in [5, 5.41) is 0. The number of aryl methyl sites for hydroxylation is 1. The molecule has 0 atom stereocenters. The van der Waals surface area contributed by atoms with Gasteiger partial charge in [-0.25, -0.2) is 4.79 Å². The molecule has 0 fully saturated rings. The van der Waals surface area contributed by atoms with Crippen LogP contribution in [0.2, 0.25) is 0 Å². The second kappa shape index (κ2) is 8.15. The SMILES string of the molecule is CN(Cc1ccccc1OC(F)(F)F)C(=O)/C=C/c1cn(C)c(=O)n(C)c1=O.